The lowest BCUT2D eigenvalue weighted by Gasteiger charge is -2.39. The Labute approximate surface area is 184 Å². The molecule has 2 N–H and O–H groups in total. The number of benzene rings is 1. The minimum atomic E-state index is -3.33. The van der Waals surface area contributed by atoms with Crippen LogP contribution in [0.2, 0.25) is 0 Å². The van der Waals surface area contributed by atoms with Crippen LogP contribution in [0.1, 0.15) is 30.7 Å². The maximum atomic E-state index is 11.9. The fourth-order valence-corrected chi connectivity index (χ4v) is 4.55. The average Bonchev–Trinajstić information content (AvgIpc) is 3.24. The second-order valence-electron chi connectivity index (χ2n) is 7.92. The minimum absolute atomic E-state index is 0.208. The first-order valence-corrected chi connectivity index (χ1v) is 11.9. The molecule has 9 nitrogen and oxygen atoms in total. The zero-order valence-electron chi connectivity index (χ0n) is 17.3. The van der Waals surface area contributed by atoms with Gasteiger partial charge in [-0.15, -0.1) is 0 Å². The molecule has 3 heterocycles. The largest absolute Gasteiger partial charge is 0.368 e. The van der Waals surface area contributed by atoms with Crippen LogP contribution in [0.15, 0.2) is 64.4 Å². The summed E-state index contributed by atoms with van der Waals surface area (Å²) in [6.45, 7) is 0. The summed E-state index contributed by atoms with van der Waals surface area (Å²) in [5.74, 6) is 1.09. The molecule has 0 saturated heterocycles. The summed E-state index contributed by atoms with van der Waals surface area (Å²) >= 11 is 0. The van der Waals surface area contributed by atoms with E-state index in [-0.39, 0.29) is 16.3 Å². The van der Waals surface area contributed by atoms with Crippen molar-refractivity contribution in [2.24, 2.45) is 0 Å². The summed E-state index contributed by atoms with van der Waals surface area (Å²) < 4.78 is 29.3. The van der Waals surface area contributed by atoms with Crippen LogP contribution >= 0.6 is 0 Å². The summed E-state index contributed by atoms with van der Waals surface area (Å²) in [5.41, 5.74) is 8.27. The Bertz CT molecular complexity index is 1380. The van der Waals surface area contributed by atoms with Crippen LogP contribution < -0.4 is 5.73 Å². The van der Waals surface area contributed by atoms with Crippen LogP contribution in [0.5, 0.6) is 0 Å². The van der Waals surface area contributed by atoms with E-state index in [0.717, 1.165) is 36.1 Å². The highest BCUT2D eigenvalue weighted by Crippen LogP contribution is 2.48. The monoisotopic (exact) mass is 448 g/mol. The quantitative estimate of drug-likeness (QED) is 0.488. The maximum Gasteiger partial charge on any atom is 0.257 e. The molecule has 0 bridgehead atoms. The van der Waals surface area contributed by atoms with E-state index in [0.29, 0.717) is 17.3 Å². The first-order chi connectivity index (χ1) is 15.3. The van der Waals surface area contributed by atoms with Crippen molar-refractivity contribution >= 4 is 15.8 Å². The van der Waals surface area contributed by atoms with Gasteiger partial charge in [0.15, 0.2) is 15.7 Å². The summed E-state index contributed by atoms with van der Waals surface area (Å²) in [7, 11) is -3.33. The number of rotatable bonds is 5. The molecular weight excluding hydrogens is 428 g/mol. The number of nitrogens with two attached hydrogens (primary N) is 1. The van der Waals surface area contributed by atoms with E-state index in [2.05, 4.69) is 25.1 Å². The number of aromatic nitrogens is 5. The fraction of sp³-hybridized carbons (Fsp3) is 0.227. The number of pyridine rings is 1. The van der Waals surface area contributed by atoms with Crippen LogP contribution in [0.3, 0.4) is 0 Å². The molecule has 3 aromatic heterocycles. The molecule has 1 saturated carbocycles. The Hall–Kier alpha value is -3.66. The standard InChI is InChI=1S/C22H20N6O3S/c1-32(29,30)17-5-2-4-14(10-17)19-27-20(28-31-19)22(8-3-9-22)16-6-7-18(24-13-16)15-11-25-21(23)26-12-15/h2,4-7,10-13H,3,8-9H2,1H3,(H2,23,25,26). The topological polar surface area (TPSA) is 138 Å². The molecule has 0 unspecified atom stereocenters. The van der Waals surface area contributed by atoms with Crippen molar-refractivity contribution in [1.29, 1.82) is 0 Å². The van der Waals surface area contributed by atoms with Gasteiger partial charge < -0.3 is 10.3 Å². The van der Waals surface area contributed by atoms with Crippen molar-refractivity contribution in [3.8, 4) is 22.7 Å². The number of hydrogen-bond donors (Lipinski definition) is 1. The lowest BCUT2D eigenvalue weighted by Crippen LogP contribution is -2.36. The van der Waals surface area contributed by atoms with Gasteiger partial charge in [0, 0.05) is 36.0 Å². The molecule has 5 rings (SSSR count). The summed E-state index contributed by atoms with van der Waals surface area (Å²) in [4.78, 5) is 17.4. The van der Waals surface area contributed by atoms with E-state index in [1.54, 1.807) is 36.7 Å². The summed E-state index contributed by atoms with van der Waals surface area (Å²) in [6.07, 6.45) is 9.07. The molecule has 10 heteroatoms. The van der Waals surface area contributed by atoms with E-state index in [1.807, 2.05) is 18.3 Å². The number of anilines is 1. The van der Waals surface area contributed by atoms with Gasteiger partial charge in [-0.25, -0.2) is 18.4 Å². The number of nitrogens with zero attached hydrogens (tertiary/aromatic N) is 5. The molecule has 0 atom stereocenters. The average molecular weight is 449 g/mol. The van der Waals surface area contributed by atoms with Gasteiger partial charge in [-0.2, -0.15) is 4.98 Å². The molecule has 1 aromatic carbocycles. The van der Waals surface area contributed by atoms with Crippen LogP contribution in [0.4, 0.5) is 5.95 Å². The van der Waals surface area contributed by atoms with Crippen molar-refractivity contribution < 1.29 is 12.9 Å². The second-order valence-corrected chi connectivity index (χ2v) is 9.94. The van der Waals surface area contributed by atoms with Gasteiger partial charge >= 0.3 is 0 Å². The lowest BCUT2D eigenvalue weighted by atomic mass is 9.64. The lowest BCUT2D eigenvalue weighted by molar-refractivity contribution is 0.272. The van der Waals surface area contributed by atoms with Gasteiger partial charge in [-0.3, -0.25) is 4.98 Å². The molecule has 32 heavy (non-hydrogen) atoms. The van der Waals surface area contributed by atoms with Crippen molar-refractivity contribution in [2.75, 3.05) is 12.0 Å². The Morgan fingerprint density at radius 3 is 2.41 bits per heavy atom. The van der Waals surface area contributed by atoms with Gasteiger partial charge in [-0.05, 0) is 42.7 Å². The van der Waals surface area contributed by atoms with E-state index < -0.39 is 9.84 Å². The third-order valence-corrected chi connectivity index (χ3v) is 6.96. The van der Waals surface area contributed by atoms with Crippen LogP contribution in [-0.4, -0.2) is 39.8 Å². The fourth-order valence-electron chi connectivity index (χ4n) is 3.88. The van der Waals surface area contributed by atoms with Crippen molar-refractivity contribution in [1.82, 2.24) is 25.1 Å². The second kappa shape index (κ2) is 7.49. The van der Waals surface area contributed by atoms with Gasteiger partial charge in [0.1, 0.15) is 0 Å². The zero-order chi connectivity index (χ0) is 22.3. The number of nitrogen functional groups attached to an aromatic ring is 1. The van der Waals surface area contributed by atoms with E-state index >= 15 is 0 Å². The van der Waals surface area contributed by atoms with Crippen molar-refractivity contribution in [3.63, 3.8) is 0 Å². The molecule has 0 aliphatic heterocycles. The van der Waals surface area contributed by atoms with Crippen LogP contribution in [-0.2, 0) is 15.3 Å². The van der Waals surface area contributed by atoms with Gasteiger partial charge in [0.2, 0.25) is 5.95 Å². The Balaban J connectivity index is 1.47. The van der Waals surface area contributed by atoms with E-state index in [1.165, 1.54) is 6.26 Å². The molecule has 0 amide bonds. The normalized spacial score (nSPS) is 15.3. The molecule has 1 aliphatic carbocycles. The maximum absolute atomic E-state index is 11.9. The first-order valence-electron chi connectivity index (χ1n) is 10.0. The first kappa shape index (κ1) is 20.3. The van der Waals surface area contributed by atoms with E-state index in [9.17, 15) is 8.42 Å². The predicted molar refractivity (Wildman–Crippen MR) is 117 cm³/mol. The molecular formula is C22H20N6O3S. The molecule has 162 valence electrons. The predicted octanol–water partition coefficient (Wildman–Crippen LogP) is 3.04. The third-order valence-electron chi connectivity index (χ3n) is 5.85. The Morgan fingerprint density at radius 1 is 1.00 bits per heavy atom. The molecule has 0 spiro atoms. The Kier molecular flexibility index (Phi) is 4.74. The molecule has 0 radical (unpaired) electrons. The van der Waals surface area contributed by atoms with E-state index in [4.69, 9.17) is 10.3 Å². The van der Waals surface area contributed by atoms with Gasteiger partial charge in [-0.1, -0.05) is 23.7 Å². The van der Waals surface area contributed by atoms with Crippen molar-refractivity contribution in [2.45, 2.75) is 29.6 Å². The highest BCUT2D eigenvalue weighted by molar-refractivity contribution is 7.90. The number of hydrogen-bond acceptors (Lipinski definition) is 9. The van der Waals surface area contributed by atoms with Gasteiger partial charge in [0.05, 0.1) is 16.0 Å². The van der Waals surface area contributed by atoms with Gasteiger partial charge in [0.25, 0.3) is 5.89 Å². The molecule has 1 aliphatic rings. The highest BCUT2D eigenvalue weighted by Gasteiger charge is 2.44. The third kappa shape index (κ3) is 3.52. The molecule has 1 fully saturated rings. The van der Waals surface area contributed by atoms with Crippen LogP contribution in [0.25, 0.3) is 22.7 Å². The van der Waals surface area contributed by atoms with Crippen molar-refractivity contribution in [3.05, 3.63) is 66.4 Å². The minimum Gasteiger partial charge on any atom is -0.368 e. The number of sulfone groups is 1. The SMILES string of the molecule is CS(=O)(=O)c1cccc(-c2nc(C3(c4ccc(-c5cnc(N)nc5)nc4)CCC3)no2)c1. The summed E-state index contributed by atoms with van der Waals surface area (Å²) in [6, 6.07) is 10.4. The van der Waals surface area contributed by atoms with Crippen LogP contribution in [0, 0.1) is 0 Å². The smallest absolute Gasteiger partial charge is 0.257 e. The zero-order valence-corrected chi connectivity index (χ0v) is 18.1. The molecule has 4 aromatic rings. The summed E-state index contributed by atoms with van der Waals surface area (Å²) in [5, 5.41) is 4.25. The highest BCUT2D eigenvalue weighted by atomic mass is 32.2. The Morgan fingerprint density at radius 2 is 1.78 bits per heavy atom.